The van der Waals surface area contributed by atoms with E-state index in [1.54, 1.807) is 13.3 Å². The van der Waals surface area contributed by atoms with E-state index in [0.29, 0.717) is 0 Å². The Kier molecular flexibility index (Phi) is 1.94. The molecule has 0 saturated carbocycles. The predicted octanol–water partition coefficient (Wildman–Crippen LogP) is 1.14. The summed E-state index contributed by atoms with van der Waals surface area (Å²) in [6.45, 7) is 0. The van der Waals surface area contributed by atoms with E-state index in [4.69, 9.17) is 5.21 Å². The van der Waals surface area contributed by atoms with Gasteiger partial charge in [0.25, 0.3) is 0 Å². The Morgan fingerprint density at radius 1 is 1.54 bits per heavy atom. The van der Waals surface area contributed by atoms with Crippen molar-refractivity contribution in [2.45, 2.75) is 0 Å². The predicted molar refractivity (Wildman–Crippen MR) is 50.6 cm³/mol. The average molecular weight is 194 g/mol. The van der Waals surface area contributed by atoms with Crippen molar-refractivity contribution in [3.05, 3.63) is 23.8 Å². The Morgan fingerprint density at radius 2 is 2.38 bits per heavy atom. The summed E-state index contributed by atoms with van der Waals surface area (Å²) in [6.07, 6.45) is 1.63. The van der Waals surface area contributed by atoms with E-state index in [0.717, 1.165) is 20.5 Å². The summed E-state index contributed by atoms with van der Waals surface area (Å²) in [7, 11) is 1.56. The summed E-state index contributed by atoms with van der Waals surface area (Å²) < 4.78 is 5.85. The van der Waals surface area contributed by atoms with Crippen molar-refractivity contribution in [1.82, 2.24) is 9.59 Å². The maximum atomic E-state index is 9.04. The standard InChI is InChI=1S/C8H8N3OS/c1-11(12)5-6-3-2-4-7-8(6)13-10-9-7/h2-5,12H,1H3/q+1. The van der Waals surface area contributed by atoms with Crippen molar-refractivity contribution in [1.29, 1.82) is 0 Å². The van der Waals surface area contributed by atoms with Crippen LogP contribution < -0.4 is 0 Å². The summed E-state index contributed by atoms with van der Waals surface area (Å²) in [6, 6.07) is 5.70. The summed E-state index contributed by atoms with van der Waals surface area (Å²) in [4.78, 5) is 0. The van der Waals surface area contributed by atoms with Crippen molar-refractivity contribution >= 4 is 28.0 Å². The second-order valence-corrected chi connectivity index (χ2v) is 3.43. The van der Waals surface area contributed by atoms with Crippen LogP contribution in [0.1, 0.15) is 5.56 Å². The summed E-state index contributed by atoms with van der Waals surface area (Å²) in [5.41, 5.74) is 1.79. The highest BCUT2D eigenvalue weighted by Crippen LogP contribution is 2.18. The highest BCUT2D eigenvalue weighted by molar-refractivity contribution is 7.13. The molecule has 1 heterocycles. The second kappa shape index (κ2) is 3.10. The number of fused-ring (bicyclic) bond motifs is 1. The van der Waals surface area contributed by atoms with Crippen molar-refractivity contribution in [2.75, 3.05) is 7.05 Å². The van der Waals surface area contributed by atoms with Crippen LogP contribution in [-0.4, -0.2) is 32.8 Å². The molecule has 1 aromatic carbocycles. The van der Waals surface area contributed by atoms with Gasteiger partial charge in [0.15, 0.2) is 7.05 Å². The van der Waals surface area contributed by atoms with Gasteiger partial charge in [-0.25, -0.2) is 0 Å². The molecule has 2 aromatic rings. The van der Waals surface area contributed by atoms with Gasteiger partial charge < -0.3 is 0 Å². The molecule has 0 unspecified atom stereocenters. The van der Waals surface area contributed by atoms with Gasteiger partial charge in [-0.15, -0.1) is 5.10 Å². The molecule has 2 rings (SSSR count). The lowest BCUT2D eigenvalue weighted by Crippen LogP contribution is -2.00. The fraction of sp³-hybridized carbons (Fsp3) is 0.125. The number of benzene rings is 1. The van der Waals surface area contributed by atoms with E-state index in [1.807, 2.05) is 18.2 Å². The van der Waals surface area contributed by atoms with E-state index in [-0.39, 0.29) is 0 Å². The van der Waals surface area contributed by atoms with Gasteiger partial charge in [0, 0.05) is 0 Å². The van der Waals surface area contributed by atoms with Gasteiger partial charge >= 0.3 is 0 Å². The minimum Gasteiger partial charge on any atom is -0.291 e. The minimum absolute atomic E-state index is 0.862. The first-order valence-corrected chi connectivity index (χ1v) is 4.52. The third kappa shape index (κ3) is 1.50. The van der Waals surface area contributed by atoms with Gasteiger partial charge in [-0.1, -0.05) is 10.6 Å². The molecule has 0 fully saturated rings. The quantitative estimate of drug-likeness (QED) is 0.320. The number of hydrogen-bond donors (Lipinski definition) is 1. The molecule has 0 amide bonds. The third-order valence-electron chi connectivity index (χ3n) is 1.63. The number of nitrogens with zero attached hydrogens (tertiary/aromatic N) is 3. The average Bonchev–Trinajstić information content (AvgIpc) is 2.51. The molecule has 5 heteroatoms. The zero-order valence-electron chi connectivity index (χ0n) is 7.01. The number of aromatic nitrogens is 2. The normalized spacial score (nSPS) is 12.2. The Hall–Kier alpha value is -1.49. The Balaban J connectivity index is 2.68. The third-order valence-corrected chi connectivity index (χ3v) is 2.42. The first kappa shape index (κ1) is 8.12. The van der Waals surface area contributed by atoms with Gasteiger partial charge in [-0.3, -0.25) is 5.21 Å². The summed E-state index contributed by atoms with van der Waals surface area (Å²) in [5, 5.41) is 13.0. The van der Waals surface area contributed by atoms with E-state index in [9.17, 15) is 0 Å². The van der Waals surface area contributed by atoms with E-state index in [2.05, 4.69) is 9.59 Å². The minimum atomic E-state index is 0.862. The van der Waals surface area contributed by atoms with Crippen LogP contribution in [0.3, 0.4) is 0 Å². The van der Waals surface area contributed by atoms with Crippen molar-refractivity contribution in [3.63, 3.8) is 0 Å². The van der Waals surface area contributed by atoms with Crippen molar-refractivity contribution in [3.8, 4) is 0 Å². The van der Waals surface area contributed by atoms with E-state index in [1.165, 1.54) is 11.5 Å². The summed E-state index contributed by atoms with van der Waals surface area (Å²) >= 11 is 1.33. The topological polar surface area (TPSA) is 49.0 Å². The molecule has 0 atom stereocenters. The van der Waals surface area contributed by atoms with Crippen LogP contribution in [0.5, 0.6) is 0 Å². The second-order valence-electron chi connectivity index (χ2n) is 2.67. The van der Waals surface area contributed by atoms with Crippen LogP contribution in [0.4, 0.5) is 0 Å². The number of hydroxylamine groups is 1. The van der Waals surface area contributed by atoms with Gasteiger partial charge in [-0.05, 0) is 28.4 Å². The molecule has 4 nitrogen and oxygen atoms in total. The molecule has 0 aliphatic heterocycles. The maximum absolute atomic E-state index is 9.04. The molecule has 0 radical (unpaired) electrons. The lowest BCUT2D eigenvalue weighted by Gasteiger charge is -1.89. The Morgan fingerprint density at radius 3 is 3.15 bits per heavy atom. The SMILES string of the molecule is C[N+](O)=Cc1cccc2nnsc12. The first-order chi connectivity index (χ1) is 6.27. The molecule has 0 saturated heterocycles. The van der Waals surface area contributed by atoms with Crippen molar-refractivity contribution < 1.29 is 9.95 Å². The van der Waals surface area contributed by atoms with E-state index < -0.39 is 0 Å². The summed E-state index contributed by atoms with van der Waals surface area (Å²) in [5.74, 6) is 0. The zero-order chi connectivity index (χ0) is 9.26. The van der Waals surface area contributed by atoms with E-state index >= 15 is 0 Å². The molecule has 0 bridgehead atoms. The molecule has 0 spiro atoms. The van der Waals surface area contributed by atoms with Crippen LogP contribution in [0.15, 0.2) is 18.2 Å². The molecule has 1 aromatic heterocycles. The highest BCUT2D eigenvalue weighted by Gasteiger charge is 2.05. The molecular formula is C8H8N3OS+. The highest BCUT2D eigenvalue weighted by atomic mass is 32.1. The fourth-order valence-electron chi connectivity index (χ4n) is 1.13. The van der Waals surface area contributed by atoms with Crippen molar-refractivity contribution in [2.24, 2.45) is 0 Å². The smallest absolute Gasteiger partial charge is 0.223 e. The lowest BCUT2D eigenvalue weighted by atomic mass is 10.2. The van der Waals surface area contributed by atoms with Crippen LogP contribution in [0, 0.1) is 0 Å². The van der Waals surface area contributed by atoms with Crippen LogP contribution in [0.2, 0.25) is 0 Å². The monoisotopic (exact) mass is 194 g/mol. The first-order valence-electron chi connectivity index (χ1n) is 3.75. The molecule has 0 aliphatic carbocycles. The Labute approximate surface area is 78.9 Å². The van der Waals surface area contributed by atoms with Crippen LogP contribution in [-0.2, 0) is 0 Å². The number of rotatable bonds is 1. The molecule has 66 valence electrons. The molecule has 0 aliphatic rings. The fourth-order valence-corrected chi connectivity index (χ4v) is 1.77. The van der Waals surface area contributed by atoms with Gasteiger partial charge in [0.1, 0.15) is 5.52 Å². The van der Waals surface area contributed by atoms with Crippen LogP contribution in [0.25, 0.3) is 10.2 Å². The molecule has 13 heavy (non-hydrogen) atoms. The van der Waals surface area contributed by atoms with Gasteiger partial charge in [-0.2, -0.15) is 0 Å². The van der Waals surface area contributed by atoms with Gasteiger partial charge in [0.05, 0.1) is 10.3 Å². The number of hydrogen-bond acceptors (Lipinski definition) is 4. The zero-order valence-corrected chi connectivity index (χ0v) is 7.82. The van der Waals surface area contributed by atoms with Crippen LogP contribution >= 0.6 is 11.5 Å². The molecule has 1 N–H and O–H groups in total. The maximum Gasteiger partial charge on any atom is 0.223 e. The largest absolute Gasteiger partial charge is 0.291 e. The lowest BCUT2D eigenvalue weighted by molar-refractivity contribution is -0.750. The molecular weight excluding hydrogens is 186 g/mol. The van der Waals surface area contributed by atoms with Gasteiger partial charge in [0.2, 0.25) is 6.21 Å². The Bertz CT molecular complexity index is 459.